The predicted octanol–water partition coefficient (Wildman–Crippen LogP) is 1.71. The van der Waals surface area contributed by atoms with Crippen LogP contribution in [0.25, 0.3) is 0 Å². The lowest BCUT2D eigenvalue weighted by Crippen LogP contribution is -2.26. The van der Waals surface area contributed by atoms with Crippen molar-refractivity contribution in [3.05, 3.63) is 21.9 Å². The summed E-state index contributed by atoms with van der Waals surface area (Å²) < 4.78 is 4.98. The number of thiophene rings is 1. The van der Waals surface area contributed by atoms with Gasteiger partial charge in [0.05, 0.1) is 6.54 Å². The van der Waals surface area contributed by atoms with E-state index in [2.05, 4.69) is 18.3 Å². The highest BCUT2D eigenvalue weighted by Crippen LogP contribution is 2.14. The second-order valence-electron chi connectivity index (χ2n) is 2.93. The maximum atomic E-state index is 11.2. The molecule has 0 unspecified atom stereocenters. The Labute approximate surface area is 88.1 Å². The standard InChI is InChI=1S/C10H15NO2S/c1-3-13-7-10(12)11-6-9-5-4-8(2)14-9/h4-5H,3,6-7H2,1-2H3,(H,11,12). The van der Waals surface area contributed by atoms with Gasteiger partial charge >= 0.3 is 0 Å². The van der Waals surface area contributed by atoms with E-state index in [1.165, 1.54) is 9.75 Å². The van der Waals surface area contributed by atoms with Crippen molar-refractivity contribution < 1.29 is 9.53 Å². The smallest absolute Gasteiger partial charge is 0.246 e. The topological polar surface area (TPSA) is 38.3 Å². The summed E-state index contributed by atoms with van der Waals surface area (Å²) in [5.41, 5.74) is 0. The predicted molar refractivity (Wildman–Crippen MR) is 57.4 cm³/mol. The minimum absolute atomic E-state index is 0.0575. The maximum absolute atomic E-state index is 11.2. The summed E-state index contributed by atoms with van der Waals surface area (Å²) in [6.07, 6.45) is 0. The molecule has 0 aliphatic heterocycles. The van der Waals surface area contributed by atoms with Gasteiger partial charge in [0.15, 0.2) is 0 Å². The number of ether oxygens (including phenoxy) is 1. The minimum Gasteiger partial charge on any atom is -0.372 e. The van der Waals surface area contributed by atoms with Crippen molar-refractivity contribution in [2.45, 2.75) is 20.4 Å². The fourth-order valence-corrected chi connectivity index (χ4v) is 1.84. The third kappa shape index (κ3) is 3.89. The molecule has 0 aliphatic rings. The van der Waals surface area contributed by atoms with Gasteiger partial charge in [-0.05, 0) is 26.0 Å². The van der Waals surface area contributed by atoms with E-state index in [9.17, 15) is 4.79 Å². The zero-order valence-corrected chi connectivity index (χ0v) is 9.32. The Morgan fingerprint density at radius 1 is 1.57 bits per heavy atom. The molecule has 0 aliphatic carbocycles. The molecule has 0 spiro atoms. The van der Waals surface area contributed by atoms with Gasteiger partial charge in [-0.1, -0.05) is 0 Å². The van der Waals surface area contributed by atoms with Gasteiger partial charge in [-0.3, -0.25) is 4.79 Å². The van der Waals surface area contributed by atoms with Crippen LogP contribution in [0.15, 0.2) is 12.1 Å². The molecular weight excluding hydrogens is 198 g/mol. The normalized spacial score (nSPS) is 10.1. The van der Waals surface area contributed by atoms with Gasteiger partial charge in [-0.15, -0.1) is 11.3 Å². The summed E-state index contributed by atoms with van der Waals surface area (Å²) in [7, 11) is 0. The van der Waals surface area contributed by atoms with Crippen LogP contribution in [0.5, 0.6) is 0 Å². The van der Waals surface area contributed by atoms with Gasteiger partial charge in [0.25, 0.3) is 0 Å². The summed E-state index contributed by atoms with van der Waals surface area (Å²) >= 11 is 1.70. The van der Waals surface area contributed by atoms with E-state index in [1.807, 2.05) is 13.0 Å². The van der Waals surface area contributed by atoms with E-state index >= 15 is 0 Å². The van der Waals surface area contributed by atoms with Crippen LogP contribution in [0, 0.1) is 6.92 Å². The third-order valence-electron chi connectivity index (χ3n) is 1.69. The Balaban J connectivity index is 2.23. The molecule has 0 saturated carbocycles. The van der Waals surface area contributed by atoms with Crippen molar-refractivity contribution in [2.24, 2.45) is 0 Å². The highest BCUT2D eigenvalue weighted by atomic mass is 32.1. The van der Waals surface area contributed by atoms with Crippen molar-refractivity contribution >= 4 is 17.2 Å². The summed E-state index contributed by atoms with van der Waals surface area (Å²) in [5.74, 6) is -0.0575. The largest absolute Gasteiger partial charge is 0.372 e. The molecule has 1 amide bonds. The van der Waals surface area contributed by atoms with Crippen LogP contribution in [0.2, 0.25) is 0 Å². The Morgan fingerprint density at radius 3 is 2.93 bits per heavy atom. The van der Waals surface area contributed by atoms with Crippen molar-refractivity contribution in [3.8, 4) is 0 Å². The zero-order valence-electron chi connectivity index (χ0n) is 8.50. The van der Waals surface area contributed by atoms with Crippen LogP contribution in [-0.2, 0) is 16.1 Å². The molecule has 0 radical (unpaired) electrons. The highest BCUT2D eigenvalue weighted by Gasteiger charge is 2.01. The van der Waals surface area contributed by atoms with Crippen LogP contribution < -0.4 is 5.32 Å². The first kappa shape index (κ1) is 11.2. The Bertz CT molecular complexity index is 296. The van der Waals surface area contributed by atoms with Crippen molar-refractivity contribution in [2.75, 3.05) is 13.2 Å². The molecule has 0 atom stereocenters. The molecule has 78 valence electrons. The lowest BCUT2D eigenvalue weighted by Gasteiger charge is -2.02. The second kappa shape index (κ2) is 5.78. The third-order valence-corrected chi connectivity index (χ3v) is 2.69. The van der Waals surface area contributed by atoms with Gasteiger partial charge in [0.2, 0.25) is 5.91 Å². The first-order valence-corrected chi connectivity index (χ1v) is 5.43. The van der Waals surface area contributed by atoms with Crippen molar-refractivity contribution in [1.29, 1.82) is 0 Å². The second-order valence-corrected chi connectivity index (χ2v) is 4.30. The van der Waals surface area contributed by atoms with E-state index in [0.29, 0.717) is 13.2 Å². The fraction of sp³-hybridized carbons (Fsp3) is 0.500. The molecule has 0 saturated heterocycles. The van der Waals surface area contributed by atoms with Crippen molar-refractivity contribution in [3.63, 3.8) is 0 Å². The molecule has 1 aromatic heterocycles. The average Bonchev–Trinajstić information content (AvgIpc) is 2.58. The maximum Gasteiger partial charge on any atom is 0.246 e. The first-order chi connectivity index (χ1) is 6.72. The lowest BCUT2D eigenvalue weighted by molar-refractivity contribution is -0.125. The van der Waals surface area contributed by atoms with Gasteiger partial charge < -0.3 is 10.1 Å². The lowest BCUT2D eigenvalue weighted by atomic mass is 10.4. The van der Waals surface area contributed by atoms with Crippen molar-refractivity contribution in [1.82, 2.24) is 5.32 Å². The number of nitrogens with one attached hydrogen (secondary N) is 1. The van der Waals surface area contributed by atoms with Gasteiger partial charge in [-0.2, -0.15) is 0 Å². The number of aryl methyl sites for hydroxylation is 1. The summed E-state index contributed by atoms with van der Waals surface area (Å²) in [6, 6.07) is 4.08. The molecule has 4 heteroatoms. The fourth-order valence-electron chi connectivity index (χ4n) is 1.01. The molecular formula is C10H15NO2S. The number of hydrogen-bond donors (Lipinski definition) is 1. The zero-order chi connectivity index (χ0) is 10.4. The van der Waals surface area contributed by atoms with Crippen LogP contribution in [0.1, 0.15) is 16.7 Å². The highest BCUT2D eigenvalue weighted by molar-refractivity contribution is 7.11. The molecule has 0 fully saturated rings. The number of carbonyl (C=O) groups excluding carboxylic acids is 1. The summed E-state index contributed by atoms with van der Waals surface area (Å²) in [5, 5.41) is 2.79. The number of carbonyl (C=O) groups is 1. The first-order valence-electron chi connectivity index (χ1n) is 4.62. The Morgan fingerprint density at radius 2 is 2.36 bits per heavy atom. The summed E-state index contributed by atoms with van der Waals surface area (Å²) in [6.45, 7) is 5.25. The Hall–Kier alpha value is -0.870. The minimum atomic E-state index is -0.0575. The van der Waals surface area contributed by atoms with Crippen LogP contribution in [0.4, 0.5) is 0 Å². The van der Waals surface area contributed by atoms with Gasteiger partial charge in [0.1, 0.15) is 6.61 Å². The number of hydrogen-bond acceptors (Lipinski definition) is 3. The molecule has 14 heavy (non-hydrogen) atoms. The molecule has 1 aromatic rings. The molecule has 0 aromatic carbocycles. The van der Waals surface area contributed by atoms with Gasteiger partial charge in [0, 0.05) is 16.4 Å². The molecule has 1 heterocycles. The van der Waals surface area contributed by atoms with E-state index < -0.39 is 0 Å². The summed E-state index contributed by atoms with van der Waals surface area (Å²) in [4.78, 5) is 13.6. The SMILES string of the molecule is CCOCC(=O)NCc1ccc(C)s1. The van der Waals surface area contributed by atoms with E-state index in [1.54, 1.807) is 11.3 Å². The molecule has 1 rings (SSSR count). The van der Waals surface area contributed by atoms with Crippen LogP contribution in [-0.4, -0.2) is 19.1 Å². The van der Waals surface area contributed by atoms with E-state index in [-0.39, 0.29) is 12.5 Å². The van der Waals surface area contributed by atoms with Gasteiger partial charge in [-0.25, -0.2) is 0 Å². The monoisotopic (exact) mass is 213 g/mol. The number of rotatable bonds is 5. The van der Waals surface area contributed by atoms with E-state index in [0.717, 1.165) is 0 Å². The Kier molecular flexibility index (Phi) is 4.62. The van der Waals surface area contributed by atoms with E-state index in [4.69, 9.17) is 4.74 Å². The van der Waals surface area contributed by atoms with Crippen LogP contribution in [0.3, 0.4) is 0 Å². The average molecular weight is 213 g/mol. The molecule has 3 nitrogen and oxygen atoms in total. The molecule has 0 bridgehead atoms. The molecule has 1 N–H and O–H groups in total. The van der Waals surface area contributed by atoms with Crippen LogP contribution >= 0.6 is 11.3 Å². The number of amides is 1. The quantitative estimate of drug-likeness (QED) is 0.808.